The summed E-state index contributed by atoms with van der Waals surface area (Å²) in [6, 6.07) is 7.10. The number of ether oxygens (including phenoxy) is 1. The summed E-state index contributed by atoms with van der Waals surface area (Å²) < 4.78 is 5.33. The molecular weight excluding hydrogens is 300 g/mol. The number of hydrogen-bond acceptors (Lipinski definition) is 4. The lowest BCUT2D eigenvalue weighted by Crippen LogP contribution is -2.50. The van der Waals surface area contributed by atoms with Gasteiger partial charge >= 0.3 is 5.97 Å². The van der Waals surface area contributed by atoms with Crippen LogP contribution < -0.4 is 11.1 Å². The molecule has 1 aromatic rings. The van der Waals surface area contributed by atoms with Gasteiger partial charge < -0.3 is 15.8 Å². The minimum Gasteiger partial charge on any atom is -0.468 e. The molecule has 0 fully saturated rings. The third-order valence-electron chi connectivity index (χ3n) is 2.54. The second-order valence-electron chi connectivity index (χ2n) is 3.97. The van der Waals surface area contributed by atoms with Gasteiger partial charge in [0.1, 0.15) is 12.1 Å². The summed E-state index contributed by atoms with van der Waals surface area (Å²) in [6.45, 7) is 1.39. The van der Waals surface area contributed by atoms with E-state index in [2.05, 4.69) is 26.0 Å². The fourth-order valence-corrected chi connectivity index (χ4v) is 1.60. The van der Waals surface area contributed by atoms with E-state index in [1.54, 1.807) is 31.2 Å². The number of hydrogen-bond donors (Lipinski definition) is 2. The summed E-state index contributed by atoms with van der Waals surface area (Å²) in [6.07, 6.45) is 0. The van der Waals surface area contributed by atoms with Gasteiger partial charge in [-0.05, 0) is 24.6 Å². The first-order valence-electron chi connectivity index (χ1n) is 5.28. The van der Waals surface area contributed by atoms with E-state index in [0.717, 1.165) is 4.47 Å². The normalized spacial score (nSPS) is 13.6. The summed E-state index contributed by atoms with van der Waals surface area (Å²) in [5.74, 6) is -0.954. The topological polar surface area (TPSA) is 81.4 Å². The lowest BCUT2D eigenvalue weighted by atomic mass is 9.92. The Balaban J connectivity index is 2.76. The molecule has 1 aromatic carbocycles. The van der Waals surface area contributed by atoms with Gasteiger partial charge in [0.25, 0.3) is 0 Å². The highest BCUT2D eigenvalue weighted by atomic mass is 79.9. The molecule has 0 aliphatic carbocycles. The summed E-state index contributed by atoms with van der Waals surface area (Å²) >= 11 is 3.31. The van der Waals surface area contributed by atoms with Crippen LogP contribution in [0, 0.1) is 0 Å². The van der Waals surface area contributed by atoms with Gasteiger partial charge in [0, 0.05) is 4.47 Å². The molecule has 0 spiro atoms. The minimum absolute atomic E-state index is 0.196. The van der Waals surface area contributed by atoms with Gasteiger partial charge in [-0.3, -0.25) is 9.59 Å². The predicted octanol–water partition coefficient (Wildman–Crippen LogP) is 0.912. The van der Waals surface area contributed by atoms with Crippen LogP contribution in [0.15, 0.2) is 28.7 Å². The number of rotatable bonds is 4. The lowest BCUT2D eigenvalue weighted by molar-refractivity contribution is -0.141. The number of carbonyl (C=O) groups is 2. The molecule has 1 amide bonds. The van der Waals surface area contributed by atoms with E-state index in [1.165, 1.54) is 7.11 Å². The Kier molecular flexibility index (Phi) is 4.86. The Morgan fingerprint density at radius 3 is 2.44 bits per heavy atom. The highest BCUT2D eigenvalue weighted by Crippen LogP contribution is 2.20. The van der Waals surface area contributed by atoms with Gasteiger partial charge in [0.05, 0.1) is 7.11 Å². The molecule has 0 radical (unpaired) electrons. The molecule has 0 aromatic heterocycles. The van der Waals surface area contributed by atoms with Crippen LogP contribution in [-0.4, -0.2) is 25.5 Å². The van der Waals surface area contributed by atoms with Crippen LogP contribution in [0.4, 0.5) is 0 Å². The van der Waals surface area contributed by atoms with Gasteiger partial charge in [-0.15, -0.1) is 0 Å². The Morgan fingerprint density at radius 1 is 1.39 bits per heavy atom. The number of nitrogens with two attached hydrogens (primary N) is 1. The van der Waals surface area contributed by atoms with E-state index in [4.69, 9.17) is 5.73 Å². The SMILES string of the molecule is COC(=O)CNC(=O)C(C)(N)c1ccc(Br)cc1. The average molecular weight is 315 g/mol. The summed E-state index contributed by atoms with van der Waals surface area (Å²) in [7, 11) is 1.25. The lowest BCUT2D eigenvalue weighted by Gasteiger charge is -2.23. The summed E-state index contributed by atoms with van der Waals surface area (Å²) in [4.78, 5) is 22.9. The van der Waals surface area contributed by atoms with Crippen molar-refractivity contribution in [2.45, 2.75) is 12.5 Å². The van der Waals surface area contributed by atoms with E-state index in [-0.39, 0.29) is 6.54 Å². The van der Waals surface area contributed by atoms with Crippen LogP contribution >= 0.6 is 15.9 Å². The van der Waals surface area contributed by atoms with Crippen LogP contribution in [0.25, 0.3) is 0 Å². The fourth-order valence-electron chi connectivity index (χ4n) is 1.34. The molecule has 18 heavy (non-hydrogen) atoms. The molecule has 0 aliphatic heterocycles. The van der Waals surface area contributed by atoms with Crippen molar-refractivity contribution in [3.05, 3.63) is 34.3 Å². The zero-order valence-electron chi connectivity index (χ0n) is 10.2. The van der Waals surface area contributed by atoms with E-state index in [1.807, 2.05) is 0 Å². The molecule has 0 saturated carbocycles. The van der Waals surface area contributed by atoms with Gasteiger partial charge in [0.15, 0.2) is 0 Å². The van der Waals surface area contributed by atoms with Gasteiger partial charge in [-0.25, -0.2) is 0 Å². The first kappa shape index (κ1) is 14.7. The summed E-state index contributed by atoms with van der Waals surface area (Å²) in [5.41, 5.74) is 5.44. The highest BCUT2D eigenvalue weighted by Gasteiger charge is 2.30. The molecule has 1 unspecified atom stereocenters. The first-order valence-corrected chi connectivity index (χ1v) is 6.07. The number of nitrogens with one attached hydrogen (secondary N) is 1. The molecule has 5 nitrogen and oxygen atoms in total. The molecule has 6 heteroatoms. The molecule has 1 rings (SSSR count). The largest absolute Gasteiger partial charge is 0.468 e. The smallest absolute Gasteiger partial charge is 0.325 e. The zero-order chi connectivity index (χ0) is 13.8. The van der Waals surface area contributed by atoms with E-state index < -0.39 is 17.4 Å². The Hall–Kier alpha value is -1.40. The number of amides is 1. The van der Waals surface area contributed by atoms with Crippen molar-refractivity contribution in [2.75, 3.05) is 13.7 Å². The second kappa shape index (κ2) is 5.97. The zero-order valence-corrected chi connectivity index (χ0v) is 11.8. The van der Waals surface area contributed by atoms with Crippen molar-refractivity contribution in [3.63, 3.8) is 0 Å². The van der Waals surface area contributed by atoms with Crippen LogP contribution in [-0.2, 0) is 19.9 Å². The quantitative estimate of drug-likeness (QED) is 0.809. The number of esters is 1. The number of benzene rings is 1. The molecule has 1 atom stereocenters. The Bertz CT molecular complexity index is 443. The van der Waals surface area contributed by atoms with E-state index >= 15 is 0 Å². The molecule has 0 bridgehead atoms. The summed E-state index contributed by atoms with van der Waals surface area (Å²) in [5, 5.41) is 2.44. The van der Waals surface area contributed by atoms with E-state index in [9.17, 15) is 9.59 Å². The molecule has 0 saturated heterocycles. The van der Waals surface area contributed by atoms with Crippen molar-refractivity contribution in [1.29, 1.82) is 0 Å². The van der Waals surface area contributed by atoms with Crippen LogP contribution in [0.3, 0.4) is 0 Å². The van der Waals surface area contributed by atoms with E-state index in [0.29, 0.717) is 5.56 Å². The molecule has 3 N–H and O–H groups in total. The first-order chi connectivity index (χ1) is 8.37. The maximum absolute atomic E-state index is 11.9. The highest BCUT2D eigenvalue weighted by molar-refractivity contribution is 9.10. The monoisotopic (exact) mass is 314 g/mol. The van der Waals surface area contributed by atoms with Crippen molar-refractivity contribution < 1.29 is 14.3 Å². The minimum atomic E-state index is -1.20. The van der Waals surface area contributed by atoms with Crippen molar-refractivity contribution in [3.8, 4) is 0 Å². The maximum Gasteiger partial charge on any atom is 0.325 e. The fraction of sp³-hybridized carbons (Fsp3) is 0.333. The number of halogens is 1. The maximum atomic E-state index is 11.9. The van der Waals surface area contributed by atoms with Gasteiger partial charge in [-0.2, -0.15) is 0 Å². The third-order valence-corrected chi connectivity index (χ3v) is 3.07. The molecule has 0 aliphatic rings. The molecule has 98 valence electrons. The third kappa shape index (κ3) is 3.54. The van der Waals surface area contributed by atoms with Crippen molar-refractivity contribution in [2.24, 2.45) is 5.73 Å². The standard InChI is InChI=1S/C12H15BrN2O3/c1-12(14,8-3-5-9(13)6-4-8)11(17)15-7-10(16)18-2/h3-6H,7,14H2,1-2H3,(H,15,17). The number of methoxy groups -OCH3 is 1. The predicted molar refractivity (Wildman–Crippen MR) is 70.7 cm³/mol. The van der Waals surface area contributed by atoms with Gasteiger partial charge in [0.2, 0.25) is 5.91 Å². The van der Waals surface area contributed by atoms with Crippen LogP contribution in [0.5, 0.6) is 0 Å². The Morgan fingerprint density at radius 2 is 1.94 bits per heavy atom. The number of carbonyl (C=O) groups excluding carboxylic acids is 2. The van der Waals surface area contributed by atoms with Crippen LogP contribution in [0.2, 0.25) is 0 Å². The molecular formula is C12H15BrN2O3. The van der Waals surface area contributed by atoms with Crippen LogP contribution in [0.1, 0.15) is 12.5 Å². The van der Waals surface area contributed by atoms with Crippen molar-refractivity contribution in [1.82, 2.24) is 5.32 Å². The Labute approximate surface area is 114 Å². The van der Waals surface area contributed by atoms with Crippen molar-refractivity contribution >= 4 is 27.8 Å². The second-order valence-corrected chi connectivity index (χ2v) is 4.88. The van der Waals surface area contributed by atoms with Gasteiger partial charge in [-0.1, -0.05) is 28.1 Å². The molecule has 0 heterocycles. The average Bonchev–Trinajstić information content (AvgIpc) is 2.35.